The van der Waals surface area contributed by atoms with E-state index >= 15 is 0 Å². The maximum absolute atomic E-state index is 12.2. The van der Waals surface area contributed by atoms with E-state index < -0.39 is 4.92 Å². The number of halogens is 2. The SMILES string of the molecule is Cc1ccccc1C(=O)Nc1cc(Cl)c([N+](=O)[O-])cc1Cl. The van der Waals surface area contributed by atoms with Crippen molar-refractivity contribution in [1.82, 2.24) is 0 Å². The number of carbonyl (C=O) groups excluding carboxylic acids is 1. The van der Waals surface area contributed by atoms with Gasteiger partial charge in [0.15, 0.2) is 0 Å². The topological polar surface area (TPSA) is 72.2 Å². The predicted octanol–water partition coefficient (Wildman–Crippen LogP) is 4.46. The number of rotatable bonds is 3. The number of nitrogens with one attached hydrogen (secondary N) is 1. The molecule has 0 unspecified atom stereocenters. The van der Waals surface area contributed by atoms with Gasteiger partial charge < -0.3 is 5.32 Å². The largest absolute Gasteiger partial charge is 0.321 e. The summed E-state index contributed by atoms with van der Waals surface area (Å²) in [7, 11) is 0. The van der Waals surface area contributed by atoms with E-state index in [4.69, 9.17) is 23.2 Å². The number of amides is 1. The molecule has 2 rings (SSSR count). The van der Waals surface area contributed by atoms with Gasteiger partial charge in [-0.2, -0.15) is 0 Å². The zero-order chi connectivity index (χ0) is 15.6. The average molecular weight is 325 g/mol. The Morgan fingerprint density at radius 1 is 1.19 bits per heavy atom. The summed E-state index contributed by atoms with van der Waals surface area (Å²) in [5.41, 5.74) is 1.21. The van der Waals surface area contributed by atoms with Crippen molar-refractivity contribution in [3.63, 3.8) is 0 Å². The van der Waals surface area contributed by atoms with Gasteiger partial charge in [0, 0.05) is 11.6 Å². The minimum absolute atomic E-state index is 0.0491. The van der Waals surface area contributed by atoms with Crippen LogP contribution in [-0.2, 0) is 0 Å². The fourth-order valence-corrected chi connectivity index (χ4v) is 2.23. The smallest absolute Gasteiger partial charge is 0.289 e. The Kier molecular flexibility index (Phi) is 4.45. The van der Waals surface area contributed by atoms with Gasteiger partial charge in [-0.25, -0.2) is 0 Å². The summed E-state index contributed by atoms with van der Waals surface area (Å²) in [6, 6.07) is 9.41. The molecule has 0 bridgehead atoms. The molecule has 0 saturated carbocycles. The second-order valence-corrected chi connectivity index (χ2v) is 5.12. The summed E-state index contributed by atoms with van der Waals surface area (Å²) in [6.45, 7) is 1.80. The predicted molar refractivity (Wildman–Crippen MR) is 82.2 cm³/mol. The van der Waals surface area contributed by atoms with Gasteiger partial charge in [-0.3, -0.25) is 14.9 Å². The minimum Gasteiger partial charge on any atom is -0.321 e. The molecule has 0 aliphatic heterocycles. The number of hydrogen-bond donors (Lipinski definition) is 1. The van der Waals surface area contributed by atoms with Crippen LogP contribution in [0, 0.1) is 17.0 Å². The molecule has 0 spiro atoms. The van der Waals surface area contributed by atoms with Crippen molar-refractivity contribution in [1.29, 1.82) is 0 Å². The van der Waals surface area contributed by atoms with Gasteiger partial charge in [0.25, 0.3) is 11.6 Å². The lowest BCUT2D eigenvalue weighted by molar-refractivity contribution is -0.384. The van der Waals surface area contributed by atoms with Gasteiger partial charge in [-0.15, -0.1) is 0 Å². The molecule has 0 atom stereocenters. The van der Waals surface area contributed by atoms with E-state index in [0.717, 1.165) is 11.6 Å². The average Bonchev–Trinajstić information content (AvgIpc) is 2.42. The summed E-state index contributed by atoms with van der Waals surface area (Å²) in [5, 5.41) is 13.3. The van der Waals surface area contributed by atoms with Crippen LogP contribution in [0.25, 0.3) is 0 Å². The van der Waals surface area contributed by atoms with Gasteiger partial charge in [0.1, 0.15) is 5.02 Å². The lowest BCUT2D eigenvalue weighted by Gasteiger charge is -2.09. The summed E-state index contributed by atoms with van der Waals surface area (Å²) in [4.78, 5) is 22.3. The molecule has 0 radical (unpaired) electrons. The summed E-state index contributed by atoms with van der Waals surface area (Å²) >= 11 is 11.7. The maximum Gasteiger partial charge on any atom is 0.289 e. The highest BCUT2D eigenvalue weighted by Crippen LogP contribution is 2.34. The number of aryl methyl sites for hydroxylation is 1. The van der Waals surface area contributed by atoms with Gasteiger partial charge in [0.2, 0.25) is 0 Å². The number of hydrogen-bond acceptors (Lipinski definition) is 3. The van der Waals surface area contributed by atoms with E-state index in [0.29, 0.717) is 5.56 Å². The van der Waals surface area contributed by atoms with Gasteiger partial charge in [-0.1, -0.05) is 41.4 Å². The van der Waals surface area contributed by atoms with E-state index in [1.807, 2.05) is 6.07 Å². The number of nitro benzene ring substituents is 1. The van der Waals surface area contributed by atoms with Crippen LogP contribution in [0.4, 0.5) is 11.4 Å². The zero-order valence-corrected chi connectivity index (χ0v) is 12.4. The van der Waals surface area contributed by atoms with Crippen LogP contribution in [0.3, 0.4) is 0 Å². The van der Waals surface area contributed by atoms with Crippen LogP contribution < -0.4 is 5.32 Å². The van der Waals surface area contributed by atoms with E-state index in [2.05, 4.69) is 5.32 Å². The molecule has 2 aromatic carbocycles. The molecule has 5 nitrogen and oxygen atoms in total. The molecule has 108 valence electrons. The Hall–Kier alpha value is -2.11. The molecular formula is C14H10Cl2N2O3. The fraction of sp³-hybridized carbons (Fsp3) is 0.0714. The maximum atomic E-state index is 12.2. The van der Waals surface area contributed by atoms with Crippen LogP contribution in [0.15, 0.2) is 36.4 Å². The molecule has 0 saturated heterocycles. The number of benzene rings is 2. The summed E-state index contributed by atoms with van der Waals surface area (Å²) in [5.74, 6) is -0.361. The molecule has 1 amide bonds. The highest BCUT2D eigenvalue weighted by atomic mass is 35.5. The van der Waals surface area contributed by atoms with Gasteiger partial charge in [-0.05, 0) is 24.6 Å². The molecule has 21 heavy (non-hydrogen) atoms. The van der Waals surface area contributed by atoms with Crippen LogP contribution in [-0.4, -0.2) is 10.8 Å². The first-order chi connectivity index (χ1) is 9.90. The highest BCUT2D eigenvalue weighted by molar-refractivity contribution is 6.37. The lowest BCUT2D eigenvalue weighted by atomic mass is 10.1. The van der Waals surface area contributed by atoms with Crippen molar-refractivity contribution in [2.75, 3.05) is 5.32 Å². The molecule has 2 aromatic rings. The quantitative estimate of drug-likeness (QED) is 0.669. The van der Waals surface area contributed by atoms with Crippen LogP contribution in [0.5, 0.6) is 0 Å². The Labute approximate surface area is 130 Å². The zero-order valence-electron chi connectivity index (χ0n) is 10.9. The third kappa shape index (κ3) is 3.32. The standard InChI is InChI=1S/C14H10Cl2N2O3/c1-8-4-2-3-5-9(8)14(19)17-12-6-11(16)13(18(20)21)7-10(12)15/h2-7H,1H3,(H,17,19). The number of anilines is 1. The third-order valence-electron chi connectivity index (χ3n) is 2.87. The van der Waals surface area contributed by atoms with Crippen molar-refractivity contribution in [2.24, 2.45) is 0 Å². The summed E-state index contributed by atoms with van der Waals surface area (Å²) in [6.07, 6.45) is 0. The molecule has 1 N–H and O–H groups in total. The Bertz CT molecular complexity index is 732. The first kappa shape index (κ1) is 15.3. The molecule has 0 heterocycles. The monoisotopic (exact) mass is 324 g/mol. The van der Waals surface area contributed by atoms with Gasteiger partial charge >= 0.3 is 0 Å². The Morgan fingerprint density at radius 2 is 1.86 bits per heavy atom. The fourth-order valence-electron chi connectivity index (χ4n) is 1.79. The van der Waals surface area contributed by atoms with E-state index in [-0.39, 0.29) is 27.3 Å². The molecule has 0 aromatic heterocycles. The first-order valence-electron chi connectivity index (χ1n) is 5.90. The molecule has 0 aliphatic carbocycles. The second kappa shape index (κ2) is 6.11. The summed E-state index contributed by atoms with van der Waals surface area (Å²) < 4.78 is 0. The van der Waals surface area contributed by atoms with Gasteiger partial charge in [0.05, 0.1) is 15.6 Å². The van der Waals surface area contributed by atoms with E-state index in [1.165, 1.54) is 6.07 Å². The van der Waals surface area contributed by atoms with Crippen molar-refractivity contribution in [3.05, 3.63) is 67.7 Å². The second-order valence-electron chi connectivity index (χ2n) is 4.31. The van der Waals surface area contributed by atoms with Crippen molar-refractivity contribution >= 4 is 40.5 Å². The number of nitrogens with zero attached hydrogens (tertiary/aromatic N) is 1. The van der Waals surface area contributed by atoms with E-state index in [9.17, 15) is 14.9 Å². The van der Waals surface area contributed by atoms with Crippen LogP contribution >= 0.6 is 23.2 Å². The molecule has 0 aliphatic rings. The van der Waals surface area contributed by atoms with Crippen molar-refractivity contribution in [2.45, 2.75) is 6.92 Å². The number of carbonyl (C=O) groups is 1. The van der Waals surface area contributed by atoms with Crippen LogP contribution in [0.1, 0.15) is 15.9 Å². The molecule has 7 heteroatoms. The minimum atomic E-state index is -0.638. The third-order valence-corrected chi connectivity index (χ3v) is 3.49. The van der Waals surface area contributed by atoms with Crippen molar-refractivity contribution in [3.8, 4) is 0 Å². The molecule has 0 fully saturated rings. The Morgan fingerprint density at radius 3 is 2.48 bits per heavy atom. The number of nitro groups is 1. The lowest BCUT2D eigenvalue weighted by Crippen LogP contribution is -2.13. The first-order valence-corrected chi connectivity index (χ1v) is 6.66. The van der Waals surface area contributed by atoms with E-state index in [1.54, 1.807) is 25.1 Å². The van der Waals surface area contributed by atoms with Crippen LogP contribution in [0.2, 0.25) is 10.0 Å². The Balaban J connectivity index is 2.32. The van der Waals surface area contributed by atoms with Crippen molar-refractivity contribution < 1.29 is 9.72 Å². The normalized spacial score (nSPS) is 10.2. The molecular weight excluding hydrogens is 315 g/mol. The highest BCUT2D eigenvalue weighted by Gasteiger charge is 2.18.